The van der Waals surface area contributed by atoms with Crippen molar-refractivity contribution < 1.29 is 4.52 Å². The van der Waals surface area contributed by atoms with Gasteiger partial charge < -0.3 is 8.92 Å². The minimum Gasteiger partial charge on any atom is -0.334 e. The average Bonchev–Trinajstić information content (AvgIpc) is 3.48. The molecule has 0 radical (unpaired) electrons. The van der Waals surface area contributed by atoms with Gasteiger partial charge in [-0.2, -0.15) is 10.1 Å². The van der Waals surface area contributed by atoms with Crippen LogP contribution in [0.15, 0.2) is 76.9 Å². The van der Waals surface area contributed by atoms with Gasteiger partial charge in [0, 0.05) is 28.6 Å². The Morgan fingerprint density at radius 2 is 1.96 bits per heavy atom. The van der Waals surface area contributed by atoms with E-state index in [-0.39, 0.29) is 0 Å². The summed E-state index contributed by atoms with van der Waals surface area (Å²) in [6.07, 6.45) is 7.16. The number of hydrogen-bond donors (Lipinski definition) is 0. The fraction of sp³-hybridized carbons (Fsp3) is 0.105. The zero-order valence-corrected chi connectivity index (χ0v) is 15.5. The summed E-state index contributed by atoms with van der Waals surface area (Å²) in [4.78, 5) is 14.1. The lowest BCUT2D eigenvalue weighted by Gasteiger charge is -2.00. The molecule has 0 spiro atoms. The van der Waals surface area contributed by atoms with E-state index in [1.807, 2.05) is 40.9 Å². The monoisotopic (exact) mass is 389 g/mol. The minimum atomic E-state index is 0.427. The van der Waals surface area contributed by atoms with Crippen molar-refractivity contribution in [3.8, 4) is 11.5 Å². The Labute approximate surface area is 164 Å². The summed E-state index contributed by atoms with van der Waals surface area (Å²) >= 11 is 1.74. The van der Waals surface area contributed by atoms with Crippen LogP contribution in [-0.4, -0.2) is 34.3 Å². The first-order valence-corrected chi connectivity index (χ1v) is 9.63. The van der Waals surface area contributed by atoms with Crippen LogP contribution in [0.1, 0.15) is 11.5 Å². The fourth-order valence-electron chi connectivity index (χ4n) is 2.80. The van der Waals surface area contributed by atoms with Crippen molar-refractivity contribution >= 4 is 17.4 Å². The highest BCUT2D eigenvalue weighted by molar-refractivity contribution is 7.98. The Hall–Kier alpha value is -3.46. The number of pyridine rings is 1. The highest BCUT2D eigenvalue weighted by Crippen LogP contribution is 2.26. The second-order valence-electron chi connectivity index (χ2n) is 6.12. The summed E-state index contributed by atoms with van der Waals surface area (Å²) in [7, 11) is 0. The predicted octanol–water partition coefficient (Wildman–Crippen LogP) is 3.32. The van der Waals surface area contributed by atoms with Gasteiger partial charge in [-0.3, -0.25) is 0 Å². The highest BCUT2D eigenvalue weighted by Gasteiger charge is 2.10. The number of benzene rings is 1. The third kappa shape index (κ3) is 3.52. The maximum absolute atomic E-state index is 5.36. The number of rotatable bonds is 6. The van der Waals surface area contributed by atoms with Gasteiger partial charge in [-0.05, 0) is 36.4 Å². The van der Waals surface area contributed by atoms with E-state index in [0.29, 0.717) is 18.3 Å². The second kappa shape index (κ2) is 7.28. The second-order valence-corrected chi connectivity index (χ2v) is 7.17. The van der Waals surface area contributed by atoms with E-state index >= 15 is 0 Å². The summed E-state index contributed by atoms with van der Waals surface area (Å²) < 4.78 is 9.04. The third-order valence-corrected chi connectivity index (χ3v) is 5.19. The quantitative estimate of drug-likeness (QED) is 0.412. The van der Waals surface area contributed by atoms with E-state index in [1.54, 1.807) is 22.8 Å². The molecule has 28 heavy (non-hydrogen) atoms. The molecular formula is C19H15N7OS. The topological polar surface area (TPSA) is 86.9 Å². The molecular weight excluding hydrogens is 374 g/mol. The molecule has 0 aliphatic heterocycles. The van der Waals surface area contributed by atoms with Crippen LogP contribution in [0.2, 0.25) is 0 Å². The summed E-state index contributed by atoms with van der Waals surface area (Å²) in [5.74, 6) is 1.86. The molecule has 0 bridgehead atoms. The molecule has 4 heterocycles. The number of aromatic nitrogens is 7. The van der Waals surface area contributed by atoms with E-state index in [0.717, 1.165) is 27.6 Å². The van der Waals surface area contributed by atoms with Gasteiger partial charge in [0.2, 0.25) is 0 Å². The van der Waals surface area contributed by atoms with Crippen molar-refractivity contribution in [2.75, 3.05) is 0 Å². The first kappa shape index (κ1) is 16.7. The maximum Gasteiger partial charge on any atom is 0.257 e. The lowest BCUT2D eigenvalue weighted by molar-refractivity contribution is 0.418. The van der Waals surface area contributed by atoms with Crippen LogP contribution >= 0.6 is 11.8 Å². The first-order valence-electron chi connectivity index (χ1n) is 8.64. The van der Waals surface area contributed by atoms with Gasteiger partial charge in [0.15, 0.2) is 5.82 Å². The number of fused-ring (bicyclic) bond motifs is 1. The molecule has 0 atom stereocenters. The average molecular weight is 389 g/mol. The SMILES string of the molecule is c1ccn2cc(CSc3ccc(-c4nc(Cn5cncn5)no4)cc3)nc2c1. The Bertz CT molecular complexity index is 1160. The summed E-state index contributed by atoms with van der Waals surface area (Å²) in [5.41, 5.74) is 2.90. The largest absolute Gasteiger partial charge is 0.334 e. The molecule has 8 nitrogen and oxygen atoms in total. The van der Waals surface area contributed by atoms with Gasteiger partial charge in [-0.1, -0.05) is 11.2 Å². The van der Waals surface area contributed by atoms with Gasteiger partial charge in [0.05, 0.1) is 5.69 Å². The van der Waals surface area contributed by atoms with Crippen LogP contribution in [0.4, 0.5) is 0 Å². The molecule has 0 unspecified atom stereocenters. The molecule has 4 aromatic heterocycles. The molecule has 0 saturated carbocycles. The fourth-order valence-corrected chi connectivity index (χ4v) is 3.58. The van der Waals surface area contributed by atoms with E-state index in [1.165, 1.54) is 6.33 Å². The van der Waals surface area contributed by atoms with Crippen LogP contribution in [0.25, 0.3) is 17.1 Å². The van der Waals surface area contributed by atoms with E-state index in [9.17, 15) is 0 Å². The molecule has 1 aromatic carbocycles. The van der Waals surface area contributed by atoms with Crippen molar-refractivity contribution in [1.29, 1.82) is 0 Å². The van der Waals surface area contributed by atoms with Gasteiger partial charge in [-0.15, -0.1) is 11.8 Å². The zero-order chi connectivity index (χ0) is 18.8. The molecule has 0 fully saturated rings. The number of nitrogens with zero attached hydrogens (tertiary/aromatic N) is 7. The van der Waals surface area contributed by atoms with Crippen molar-refractivity contribution in [3.05, 3.63) is 79.0 Å². The lowest BCUT2D eigenvalue weighted by atomic mass is 10.2. The van der Waals surface area contributed by atoms with Gasteiger partial charge >= 0.3 is 0 Å². The molecule has 0 aliphatic rings. The number of hydrogen-bond acceptors (Lipinski definition) is 7. The van der Waals surface area contributed by atoms with Crippen LogP contribution in [0.3, 0.4) is 0 Å². The van der Waals surface area contributed by atoms with E-state index in [2.05, 4.69) is 43.5 Å². The Morgan fingerprint density at radius 1 is 1.04 bits per heavy atom. The first-order chi connectivity index (χ1) is 13.8. The van der Waals surface area contributed by atoms with Crippen LogP contribution < -0.4 is 0 Å². The summed E-state index contributed by atoms with van der Waals surface area (Å²) in [6.45, 7) is 0.427. The smallest absolute Gasteiger partial charge is 0.257 e. The molecule has 0 saturated heterocycles. The van der Waals surface area contributed by atoms with Crippen LogP contribution in [0.5, 0.6) is 0 Å². The van der Waals surface area contributed by atoms with Gasteiger partial charge in [-0.25, -0.2) is 14.6 Å². The van der Waals surface area contributed by atoms with Crippen LogP contribution in [0, 0.1) is 0 Å². The predicted molar refractivity (Wildman–Crippen MR) is 104 cm³/mol. The van der Waals surface area contributed by atoms with Crippen molar-refractivity contribution in [2.24, 2.45) is 0 Å². The molecule has 5 aromatic rings. The molecule has 0 N–H and O–H groups in total. The number of thioether (sulfide) groups is 1. The molecule has 9 heteroatoms. The summed E-state index contributed by atoms with van der Waals surface area (Å²) in [5, 5.41) is 8.04. The Kier molecular flexibility index (Phi) is 4.34. The van der Waals surface area contributed by atoms with Gasteiger partial charge in [0.1, 0.15) is 24.8 Å². The highest BCUT2D eigenvalue weighted by atomic mass is 32.2. The Morgan fingerprint density at radius 3 is 2.79 bits per heavy atom. The molecule has 5 rings (SSSR count). The standard InChI is InChI=1S/C19H15N7OS/c1-2-8-25-9-15(22-18(25)3-1)11-28-16-6-4-14(5-7-16)19-23-17(24-27-19)10-26-13-20-12-21-26/h1-9,12-13H,10-11H2. The maximum atomic E-state index is 5.36. The van der Waals surface area contributed by atoms with E-state index < -0.39 is 0 Å². The van der Waals surface area contributed by atoms with Crippen molar-refractivity contribution in [2.45, 2.75) is 17.2 Å². The van der Waals surface area contributed by atoms with Gasteiger partial charge in [0.25, 0.3) is 5.89 Å². The lowest BCUT2D eigenvalue weighted by Crippen LogP contribution is -2.01. The third-order valence-electron chi connectivity index (χ3n) is 4.14. The summed E-state index contributed by atoms with van der Waals surface area (Å²) in [6, 6.07) is 14.1. The molecule has 138 valence electrons. The minimum absolute atomic E-state index is 0.427. The number of imidazole rings is 1. The van der Waals surface area contributed by atoms with Crippen LogP contribution in [-0.2, 0) is 12.3 Å². The molecule has 0 amide bonds. The molecule has 0 aliphatic carbocycles. The van der Waals surface area contributed by atoms with E-state index in [4.69, 9.17) is 4.52 Å². The van der Waals surface area contributed by atoms with Crippen molar-refractivity contribution in [1.82, 2.24) is 34.3 Å². The normalized spacial score (nSPS) is 11.3. The van der Waals surface area contributed by atoms with Crippen molar-refractivity contribution in [3.63, 3.8) is 0 Å². The zero-order valence-electron chi connectivity index (χ0n) is 14.7. The Balaban J connectivity index is 1.24.